The van der Waals surface area contributed by atoms with Crippen molar-refractivity contribution in [2.75, 3.05) is 7.05 Å². The van der Waals surface area contributed by atoms with Crippen molar-refractivity contribution in [2.24, 2.45) is 0 Å². The summed E-state index contributed by atoms with van der Waals surface area (Å²) < 4.78 is 0. The summed E-state index contributed by atoms with van der Waals surface area (Å²) in [7, 11) is 1.53. The van der Waals surface area contributed by atoms with Gasteiger partial charge in [-0.05, 0) is 30.6 Å². The topological polar surface area (TPSA) is 46.2 Å². The number of Topliss-reactive ketones (excluding diaryl/α,β-unsaturated/α-hetero) is 1. The molecule has 0 radical (unpaired) electrons. The molecule has 0 aromatic heterocycles. The van der Waals surface area contributed by atoms with E-state index in [9.17, 15) is 9.59 Å². The fraction of sp³-hybridized carbons (Fsp3) is 0.273. The second kappa shape index (κ2) is 13.0. The lowest BCUT2D eigenvalue weighted by molar-refractivity contribution is -0.122. The third-order valence-electron chi connectivity index (χ3n) is 3.59. The second-order valence-electron chi connectivity index (χ2n) is 5.48. The molecule has 0 bridgehead atoms. The first-order chi connectivity index (χ1) is 12.1. The molecule has 1 aromatic rings. The van der Waals surface area contributed by atoms with E-state index in [0.717, 1.165) is 23.1 Å². The molecule has 0 atom stereocenters. The summed E-state index contributed by atoms with van der Waals surface area (Å²) in [5.41, 5.74) is 3.35. The Morgan fingerprint density at radius 2 is 1.96 bits per heavy atom. The normalized spacial score (nSPS) is 12.8. The number of aryl methyl sites for hydroxylation is 1. The number of likely N-dealkylation sites (N-methyl/N-ethyl adjacent to an activating group) is 1. The maximum Gasteiger partial charge on any atom is 0.254 e. The van der Waals surface area contributed by atoms with Crippen LogP contribution in [-0.4, -0.2) is 18.7 Å². The predicted molar refractivity (Wildman–Crippen MR) is 115 cm³/mol. The molecule has 4 heteroatoms. The maximum absolute atomic E-state index is 12.5. The van der Waals surface area contributed by atoms with Crippen LogP contribution in [0.5, 0.6) is 0 Å². The molecule has 2 rings (SSSR count). The van der Waals surface area contributed by atoms with Crippen molar-refractivity contribution >= 4 is 25.2 Å². The third kappa shape index (κ3) is 7.70. The average Bonchev–Trinajstić information content (AvgIpc) is 3.13. The first-order valence-corrected chi connectivity index (χ1v) is 8.65. The van der Waals surface area contributed by atoms with E-state index in [0.29, 0.717) is 0 Å². The number of hydrogen-bond donors (Lipinski definition) is 1. The Morgan fingerprint density at radius 1 is 1.23 bits per heavy atom. The van der Waals surface area contributed by atoms with Gasteiger partial charge >= 0.3 is 0 Å². The molecule has 1 amide bonds. The monoisotopic (exact) mass is 371 g/mol. The van der Waals surface area contributed by atoms with Crippen LogP contribution in [0.1, 0.15) is 31.4 Å². The SMILES string of the molecule is CC.CNC(=O)/C(=C\C=C\C1=CC=CC1)C(=O)Cc1cccc(C)c1.S. The van der Waals surface area contributed by atoms with Gasteiger partial charge in [0.15, 0.2) is 5.78 Å². The fourth-order valence-electron chi connectivity index (χ4n) is 2.39. The summed E-state index contributed by atoms with van der Waals surface area (Å²) in [4.78, 5) is 24.4. The molecule has 1 aromatic carbocycles. The Kier molecular flexibility index (Phi) is 11.8. The second-order valence-corrected chi connectivity index (χ2v) is 5.48. The highest BCUT2D eigenvalue weighted by atomic mass is 32.1. The van der Waals surface area contributed by atoms with E-state index in [1.807, 2.05) is 63.3 Å². The Morgan fingerprint density at radius 3 is 2.54 bits per heavy atom. The fourth-order valence-corrected chi connectivity index (χ4v) is 2.39. The highest BCUT2D eigenvalue weighted by Crippen LogP contribution is 2.13. The quantitative estimate of drug-likeness (QED) is 0.349. The van der Waals surface area contributed by atoms with Crippen LogP contribution < -0.4 is 5.32 Å². The standard InChI is InChI=1S/C20H21NO2.C2H6.H2S/c1-15-7-5-11-17(13-15)14-19(22)18(20(23)21-2)12-6-10-16-8-3-4-9-16;1-2;/h3-8,10-13H,9,14H2,1-2H3,(H,21,23);1-2H3;1H2/b10-6+,18-12-;;. The van der Waals surface area contributed by atoms with Crippen molar-refractivity contribution < 1.29 is 9.59 Å². The molecule has 0 saturated carbocycles. The van der Waals surface area contributed by atoms with E-state index in [1.165, 1.54) is 7.05 Å². The lowest BCUT2D eigenvalue weighted by Gasteiger charge is -2.06. The van der Waals surface area contributed by atoms with Gasteiger partial charge in [0.1, 0.15) is 0 Å². The molecule has 26 heavy (non-hydrogen) atoms. The molecule has 1 N–H and O–H groups in total. The molecule has 0 unspecified atom stereocenters. The van der Waals surface area contributed by atoms with Crippen LogP contribution in [0, 0.1) is 6.92 Å². The van der Waals surface area contributed by atoms with E-state index in [1.54, 1.807) is 12.2 Å². The van der Waals surface area contributed by atoms with E-state index in [2.05, 4.69) is 11.4 Å². The van der Waals surface area contributed by atoms with Crippen LogP contribution in [0.2, 0.25) is 0 Å². The summed E-state index contributed by atoms with van der Waals surface area (Å²) in [6.07, 6.45) is 12.4. The summed E-state index contributed by atoms with van der Waals surface area (Å²) in [6, 6.07) is 7.76. The minimum Gasteiger partial charge on any atom is -0.355 e. The van der Waals surface area contributed by atoms with Crippen molar-refractivity contribution in [2.45, 2.75) is 33.6 Å². The Labute approximate surface area is 164 Å². The zero-order chi connectivity index (χ0) is 18.7. The maximum atomic E-state index is 12.5. The molecular formula is C22H29NO2S. The van der Waals surface area contributed by atoms with Gasteiger partial charge in [-0.25, -0.2) is 0 Å². The number of benzene rings is 1. The molecular weight excluding hydrogens is 342 g/mol. The van der Waals surface area contributed by atoms with Gasteiger partial charge in [-0.1, -0.05) is 74.1 Å². The van der Waals surface area contributed by atoms with E-state index < -0.39 is 0 Å². The number of hydrogen-bond acceptors (Lipinski definition) is 2. The zero-order valence-electron chi connectivity index (χ0n) is 16.0. The number of allylic oxidation sites excluding steroid dienone is 7. The van der Waals surface area contributed by atoms with Crippen molar-refractivity contribution in [3.8, 4) is 0 Å². The lowest BCUT2D eigenvalue weighted by Crippen LogP contribution is -2.25. The van der Waals surface area contributed by atoms with Crippen LogP contribution in [0.15, 0.2) is 71.9 Å². The molecule has 0 spiro atoms. The predicted octanol–water partition coefficient (Wildman–Crippen LogP) is 4.36. The first kappa shape index (κ1) is 23.7. The number of ketones is 1. The average molecular weight is 372 g/mol. The van der Waals surface area contributed by atoms with Crippen LogP contribution in [-0.2, 0) is 16.0 Å². The summed E-state index contributed by atoms with van der Waals surface area (Å²) in [6.45, 7) is 5.98. The molecule has 0 saturated heterocycles. The summed E-state index contributed by atoms with van der Waals surface area (Å²) in [5.74, 6) is -0.538. The Hall–Kier alpha value is -2.33. The van der Waals surface area contributed by atoms with Gasteiger partial charge in [-0.3, -0.25) is 9.59 Å². The minimum atomic E-state index is -0.356. The van der Waals surface area contributed by atoms with E-state index in [-0.39, 0.29) is 37.2 Å². The molecule has 0 aliphatic heterocycles. The van der Waals surface area contributed by atoms with E-state index >= 15 is 0 Å². The smallest absolute Gasteiger partial charge is 0.254 e. The highest BCUT2D eigenvalue weighted by molar-refractivity contribution is 7.59. The molecule has 0 heterocycles. The number of carbonyl (C=O) groups excluding carboxylic acids is 2. The Balaban J connectivity index is 0.00000201. The van der Waals surface area contributed by atoms with Crippen LogP contribution >= 0.6 is 13.5 Å². The first-order valence-electron chi connectivity index (χ1n) is 8.65. The summed E-state index contributed by atoms with van der Waals surface area (Å²) in [5, 5.41) is 2.53. The molecule has 3 nitrogen and oxygen atoms in total. The number of amides is 1. The van der Waals surface area contributed by atoms with Gasteiger partial charge < -0.3 is 5.32 Å². The molecule has 140 valence electrons. The van der Waals surface area contributed by atoms with Gasteiger partial charge in [0.2, 0.25) is 0 Å². The number of nitrogens with one attached hydrogen (secondary N) is 1. The molecule has 1 aliphatic rings. The largest absolute Gasteiger partial charge is 0.355 e. The zero-order valence-corrected chi connectivity index (χ0v) is 17.0. The van der Waals surface area contributed by atoms with E-state index in [4.69, 9.17) is 0 Å². The molecule has 0 fully saturated rings. The van der Waals surface area contributed by atoms with Gasteiger partial charge in [0.25, 0.3) is 5.91 Å². The lowest BCUT2D eigenvalue weighted by atomic mass is 10.0. The minimum absolute atomic E-state index is 0. The summed E-state index contributed by atoms with van der Waals surface area (Å²) >= 11 is 0. The van der Waals surface area contributed by atoms with Crippen molar-refractivity contribution in [1.82, 2.24) is 5.32 Å². The van der Waals surface area contributed by atoms with Crippen molar-refractivity contribution in [3.63, 3.8) is 0 Å². The number of rotatable bonds is 6. The van der Waals surface area contributed by atoms with Crippen LogP contribution in [0.25, 0.3) is 0 Å². The van der Waals surface area contributed by atoms with Gasteiger partial charge in [0.05, 0.1) is 5.57 Å². The van der Waals surface area contributed by atoms with Gasteiger partial charge in [0, 0.05) is 13.5 Å². The number of carbonyl (C=O) groups is 2. The third-order valence-corrected chi connectivity index (χ3v) is 3.59. The van der Waals surface area contributed by atoms with Crippen LogP contribution in [0.3, 0.4) is 0 Å². The highest BCUT2D eigenvalue weighted by Gasteiger charge is 2.16. The molecule has 1 aliphatic carbocycles. The van der Waals surface area contributed by atoms with Crippen molar-refractivity contribution in [1.29, 1.82) is 0 Å². The van der Waals surface area contributed by atoms with Crippen LogP contribution in [0.4, 0.5) is 0 Å². The van der Waals surface area contributed by atoms with Gasteiger partial charge in [-0.2, -0.15) is 13.5 Å². The Bertz CT molecular complexity index is 727. The van der Waals surface area contributed by atoms with Crippen molar-refractivity contribution in [3.05, 3.63) is 83.0 Å². The van der Waals surface area contributed by atoms with Gasteiger partial charge in [-0.15, -0.1) is 0 Å².